The molecule has 0 aromatic heterocycles. The molecule has 1 rings (SSSR count). The third kappa shape index (κ3) is 3.94. The lowest BCUT2D eigenvalue weighted by Gasteiger charge is -2.28. The molecule has 0 aliphatic carbocycles. The average Bonchev–Trinajstić information content (AvgIpc) is 2.45. The fourth-order valence-corrected chi connectivity index (χ4v) is 1.39. The van der Waals surface area contributed by atoms with E-state index in [0.29, 0.717) is 0 Å². The van der Waals surface area contributed by atoms with Crippen LogP contribution in [0.1, 0.15) is 0 Å². The van der Waals surface area contributed by atoms with Crippen LogP contribution in [0.2, 0.25) is 0 Å². The van der Waals surface area contributed by atoms with Crippen molar-refractivity contribution in [2.24, 2.45) is 0 Å². The number of aliphatic hydroxyl groups is 3. The van der Waals surface area contributed by atoms with Crippen molar-refractivity contribution < 1.29 is 28.9 Å². The number of aliphatic hydroxyl groups excluding tert-OH is 3. The predicted octanol–water partition coefficient (Wildman–Crippen LogP) is -0.791. The number of anilines is 1. The second-order valence-electron chi connectivity index (χ2n) is 4.25. The Morgan fingerprint density at radius 1 is 1.10 bits per heavy atom. The van der Waals surface area contributed by atoms with Gasteiger partial charge in [0.15, 0.2) is 0 Å². The van der Waals surface area contributed by atoms with Gasteiger partial charge < -0.3 is 20.6 Å². The van der Waals surface area contributed by atoms with Gasteiger partial charge in [-0.3, -0.25) is 10.1 Å². The summed E-state index contributed by atoms with van der Waals surface area (Å²) in [5.74, 6) is -2.62. The van der Waals surface area contributed by atoms with Crippen molar-refractivity contribution >= 4 is 11.6 Å². The lowest BCUT2D eigenvalue weighted by atomic mass is 10.0. The minimum Gasteiger partial charge on any atom is -0.394 e. The Hall–Kier alpha value is -1.61. The quantitative estimate of drug-likeness (QED) is 0.453. The third-order valence-electron chi connectivity index (χ3n) is 2.76. The number of nitrogens with one attached hydrogen (secondary N) is 2. The summed E-state index contributed by atoms with van der Waals surface area (Å²) in [6.07, 6.45) is 0. The molecule has 0 atom stereocenters. The van der Waals surface area contributed by atoms with Crippen molar-refractivity contribution in [3.05, 3.63) is 29.8 Å². The van der Waals surface area contributed by atoms with Crippen LogP contribution in [-0.4, -0.2) is 53.1 Å². The highest BCUT2D eigenvalue weighted by molar-refractivity contribution is 5.92. The zero-order valence-corrected chi connectivity index (χ0v) is 10.6. The molecule has 0 fully saturated rings. The summed E-state index contributed by atoms with van der Waals surface area (Å²) in [4.78, 5) is 11.6. The van der Waals surface area contributed by atoms with Crippen molar-refractivity contribution in [3.63, 3.8) is 0 Å². The summed E-state index contributed by atoms with van der Waals surface area (Å²) in [7, 11) is 0. The minimum atomic E-state index is -1.44. The van der Waals surface area contributed by atoms with Crippen LogP contribution in [0.3, 0.4) is 0 Å². The standard InChI is InChI=1S/C12H16F2N2O4/c13-8-2-1-3-9(14)11(8)16-10(20)4-15-12(5-17,6-18)7-19/h1-3,15,17-19H,4-7H2,(H,16,20). The van der Waals surface area contributed by atoms with Crippen LogP contribution in [0.15, 0.2) is 18.2 Å². The largest absolute Gasteiger partial charge is 0.394 e. The van der Waals surface area contributed by atoms with Crippen LogP contribution < -0.4 is 10.6 Å². The predicted molar refractivity (Wildman–Crippen MR) is 67.0 cm³/mol. The second-order valence-corrected chi connectivity index (χ2v) is 4.25. The van der Waals surface area contributed by atoms with Crippen LogP contribution in [0.5, 0.6) is 0 Å². The highest BCUT2D eigenvalue weighted by Gasteiger charge is 2.28. The van der Waals surface area contributed by atoms with Crippen LogP contribution in [-0.2, 0) is 4.79 Å². The zero-order chi connectivity index (χ0) is 15.2. The molecule has 0 bridgehead atoms. The molecule has 0 unspecified atom stereocenters. The van der Waals surface area contributed by atoms with E-state index >= 15 is 0 Å². The monoisotopic (exact) mass is 290 g/mol. The Balaban J connectivity index is 2.65. The lowest BCUT2D eigenvalue weighted by molar-refractivity contribution is -0.116. The maximum absolute atomic E-state index is 13.3. The van der Waals surface area contributed by atoms with Gasteiger partial charge in [-0.2, -0.15) is 0 Å². The first kappa shape index (κ1) is 16.4. The Labute approximate surface area is 114 Å². The van der Waals surface area contributed by atoms with E-state index in [-0.39, 0.29) is 0 Å². The van der Waals surface area contributed by atoms with E-state index in [4.69, 9.17) is 15.3 Å². The first-order valence-electron chi connectivity index (χ1n) is 5.79. The number of hydrogen-bond donors (Lipinski definition) is 5. The topological polar surface area (TPSA) is 102 Å². The third-order valence-corrected chi connectivity index (χ3v) is 2.76. The smallest absolute Gasteiger partial charge is 0.238 e. The van der Waals surface area contributed by atoms with Gasteiger partial charge >= 0.3 is 0 Å². The van der Waals surface area contributed by atoms with Crippen LogP contribution in [0.25, 0.3) is 0 Å². The van der Waals surface area contributed by atoms with Crippen molar-refractivity contribution in [3.8, 4) is 0 Å². The van der Waals surface area contributed by atoms with Crippen molar-refractivity contribution in [1.82, 2.24) is 5.32 Å². The van der Waals surface area contributed by atoms with Gasteiger partial charge in [-0.15, -0.1) is 0 Å². The van der Waals surface area contributed by atoms with Gasteiger partial charge in [0, 0.05) is 0 Å². The van der Waals surface area contributed by atoms with Crippen LogP contribution >= 0.6 is 0 Å². The van der Waals surface area contributed by atoms with E-state index in [1.807, 2.05) is 5.32 Å². The second kappa shape index (κ2) is 7.25. The molecule has 1 aromatic carbocycles. The van der Waals surface area contributed by atoms with Gasteiger partial charge in [0.05, 0.1) is 31.9 Å². The molecule has 0 spiro atoms. The Morgan fingerprint density at radius 3 is 2.05 bits per heavy atom. The molecule has 0 saturated carbocycles. The molecule has 0 heterocycles. The number of halogens is 2. The van der Waals surface area contributed by atoms with E-state index in [9.17, 15) is 13.6 Å². The van der Waals surface area contributed by atoms with Crippen LogP contribution in [0, 0.1) is 11.6 Å². The Kier molecular flexibility index (Phi) is 5.96. The summed E-state index contributed by atoms with van der Waals surface area (Å²) in [6.45, 7) is -2.28. The fourth-order valence-electron chi connectivity index (χ4n) is 1.39. The molecule has 1 aromatic rings. The lowest BCUT2D eigenvalue weighted by Crippen LogP contribution is -2.56. The first-order chi connectivity index (χ1) is 9.48. The molecular weight excluding hydrogens is 274 g/mol. The summed E-state index contributed by atoms with van der Waals surface area (Å²) in [6, 6.07) is 3.14. The summed E-state index contributed by atoms with van der Waals surface area (Å²) in [5, 5.41) is 31.6. The SMILES string of the molecule is O=C(CNC(CO)(CO)CO)Nc1c(F)cccc1F. The molecule has 0 saturated heterocycles. The number of benzene rings is 1. The van der Waals surface area contributed by atoms with Crippen molar-refractivity contribution in [2.75, 3.05) is 31.7 Å². The number of para-hydroxylation sites is 1. The van der Waals surface area contributed by atoms with E-state index in [1.54, 1.807) is 0 Å². The first-order valence-corrected chi connectivity index (χ1v) is 5.79. The molecule has 6 nitrogen and oxygen atoms in total. The fraction of sp³-hybridized carbons (Fsp3) is 0.417. The number of carbonyl (C=O) groups is 1. The maximum Gasteiger partial charge on any atom is 0.238 e. The molecule has 8 heteroatoms. The van der Waals surface area contributed by atoms with E-state index in [0.717, 1.165) is 18.2 Å². The van der Waals surface area contributed by atoms with Gasteiger partial charge in [0.25, 0.3) is 0 Å². The highest BCUT2D eigenvalue weighted by atomic mass is 19.1. The summed E-state index contributed by atoms with van der Waals surface area (Å²) >= 11 is 0. The minimum absolute atomic E-state index is 0.449. The molecule has 0 aliphatic rings. The normalized spacial score (nSPS) is 11.4. The number of amides is 1. The van der Waals surface area contributed by atoms with E-state index < -0.39 is 55.1 Å². The Morgan fingerprint density at radius 2 is 1.60 bits per heavy atom. The van der Waals surface area contributed by atoms with E-state index in [2.05, 4.69) is 5.32 Å². The number of carbonyl (C=O) groups excluding carboxylic acids is 1. The number of rotatable bonds is 7. The van der Waals surface area contributed by atoms with Gasteiger partial charge in [-0.1, -0.05) is 6.07 Å². The van der Waals surface area contributed by atoms with Crippen molar-refractivity contribution in [1.29, 1.82) is 0 Å². The van der Waals surface area contributed by atoms with E-state index in [1.165, 1.54) is 0 Å². The average molecular weight is 290 g/mol. The molecule has 1 amide bonds. The highest BCUT2D eigenvalue weighted by Crippen LogP contribution is 2.17. The molecule has 5 N–H and O–H groups in total. The summed E-state index contributed by atoms with van der Waals surface area (Å²) < 4.78 is 26.6. The Bertz CT molecular complexity index is 438. The molecular formula is C12H16F2N2O4. The number of hydrogen-bond acceptors (Lipinski definition) is 5. The van der Waals surface area contributed by atoms with Gasteiger partial charge in [-0.25, -0.2) is 8.78 Å². The molecule has 0 aliphatic heterocycles. The van der Waals surface area contributed by atoms with Gasteiger partial charge in [0.1, 0.15) is 17.3 Å². The molecule has 20 heavy (non-hydrogen) atoms. The van der Waals surface area contributed by atoms with Crippen LogP contribution in [0.4, 0.5) is 14.5 Å². The van der Waals surface area contributed by atoms with Crippen molar-refractivity contribution in [2.45, 2.75) is 5.54 Å². The van der Waals surface area contributed by atoms with Gasteiger partial charge in [0.2, 0.25) is 5.91 Å². The maximum atomic E-state index is 13.3. The summed E-state index contributed by atoms with van der Waals surface area (Å²) in [5.41, 5.74) is -2.02. The van der Waals surface area contributed by atoms with Gasteiger partial charge in [-0.05, 0) is 12.1 Å². The molecule has 112 valence electrons. The zero-order valence-electron chi connectivity index (χ0n) is 10.6. The molecule has 0 radical (unpaired) electrons.